The van der Waals surface area contributed by atoms with Crippen molar-refractivity contribution in [2.45, 2.75) is 69.5 Å². The summed E-state index contributed by atoms with van der Waals surface area (Å²) in [6, 6.07) is 6.15. The Labute approximate surface area is 212 Å². The number of fused-ring (bicyclic) bond motifs is 5. The molecule has 5 rings (SSSR count). The highest BCUT2D eigenvalue weighted by Gasteiger charge is 2.68. The maximum atomic E-state index is 13.4. The molecule has 8 heteroatoms. The van der Waals surface area contributed by atoms with Crippen molar-refractivity contribution in [1.82, 2.24) is 0 Å². The Hall–Kier alpha value is -2.13. The summed E-state index contributed by atoms with van der Waals surface area (Å²) in [7, 11) is -4.16. The van der Waals surface area contributed by atoms with Crippen LogP contribution in [0.2, 0.25) is 0 Å². The van der Waals surface area contributed by atoms with E-state index in [9.17, 15) is 28.2 Å². The fraction of sp³-hybridized carbons (Fsp3) is 0.571. The summed E-state index contributed by atoms with van der Waals surface area (Å²) in [6.07, 6.45) is 6.94. The first kappa shape index (κ1) is 25.5. The van der Waals surface area contributed by atoms with E-state index in [1.165, 1.54) is 12.1 Å². The molecule has 36 heavy (non-hydrogen) atoms. The largest absolute Gasteiger partial charge is 0.393 e. The van der Waals surface area contributed by atoms with E-state index >= 15 is 0 Å². The number of Topliss-reactive ketones (excluding diaryl/α,β-unsaturated/α-hetero) is 1. The molecule has 0 aromatic heterocycles. The van der Waals surface area contributed by atoms with Gasteiger partial charge in [0.25, 0.3) is 10.1 Å². The summed E-state index contributed by atoms with van der Waals surface area (Å²) in [5.41, 5.74) is -1.20. The molecule has 0 amide bonds. The molecule has 7 unspecified atom stereocenters. The summed E-state index contributed by atoms with van der Waals surface area (Å²) in [6.45, 7) is 5.00. The first-order valence-corrected chi connectivity index (χ1v) is 14.1. The Balaban J connectivity index is 1.38. The van der Waals surface area contributed by atoms with Gasteiger partial charge in [0, 0.05) is 16.7 Å². The topological polar surface area (TPSA) is 118 Å². The van der Waals surface area contributed by atoms with Crippen molar-refractivity contribution in [2.24, 2.45) is 28.6 Å². The molecular weight excluding hydrogens is 480 g/mol. The van der Waals surface area contributed by atoms with Crippen LogP contribution in [0, 0.1) is 35.5 Å². The number of hydrogen-bond acceptors (Lipinski definition) is 7. The number of aryl methyl sites for hydroxylation is 1. The number of carbonyl (C=O) groups is 2. The zero-order valence-electron chi connectivity index (χ0n) is 20.9. The monoisotopic (exact) mass is 514 g/mol. The predicted octanol–water partition coefficient (Wildman–Crippen LogP) is 3.28. The van der Waals surface area contributed by atoms with Crippen LogP contribution in [-0.4, -0.2) is 48.5 Å². The molecule has 7 atom stereocenters. The van der Waals surface area contributed by atoms with E-state index in [2.05, 4.69) is 6.92 Å². The summed E-state index contributed by atoms with van der Waals surface area (Å²) in [5.74, 6) is -0.761. The van der Waals surface area contributed by atoms with Crippen LogP contribution in [0.15, 0.2) is 53.0 Å². The zero-order valence-corrected chi connectivity index (χ0v) is 21.8. The quantitative estimate of drug-likeness (QED) is 0.579. The van der Waals surface area contributed by atoms with E-state index in [4.69, 9.17) is 4.18 Å². The second-order valence-corrected chi connectivity index (χ2v) is 13.2. The third-order valence-corrected chi connectivity index (χ3v) is 11.0. The molecule has 1 aromatic rings. The SMILES string of the molecule is Cc1ccc(S(=O)(=O)OCC(=O)C2(O)CCC3C4CCC5=CC(=O)C=CC5(C)C4C(O)CC32C)cc1. The van der Waals surface area contributed by atoms with Gasteiger partial charge in [0.1, 0.15) is 12.2 Å². The van der Waals surface area contributed by atoms with Crippen LogP contribution in [0.5, 0.6) is 0 Å². The lowest BCUT2D eigenvalue weighted by Crippen LogP contribution is -2.61. The van der Waals surface area contributed by atoms with Crippen molar-refractivity contribution >= 4 is 21.7 Å². The summed E-state index contributed by atoms with van der Waals surface area (Å²) in [4.78, 5) is 25.3. The van der Waals surface area contributed by atoms with E-state index < -0.39 is 45.0 Å². The fourth-order valence-corrected chi connectivity index (χ4v) is 8.68. The zero-order chi connectivity index (χ0) is 26.1. The molecule has 194 valence electrons. The van der Waals surface area contributed by atoms with E-state index in [1.807, 2.05) is 19.9 Å². The standard InChI is InChI=1S/C28H34O7S/c1-17-4-7-20(8-5-17)36(33,34)35-16-24(31)28(32)13-11-22-21-9-6-18-14-19(29)10-12-26(18,2)25(21)23(30)15-27(22,28)3/h4-5,7-8,10,12,14,21-23,25,30,32H,6,9,11,13,15-16H2,1-3H3. The van der Waals surface area contributed by atoms with Gasteiger partial charge in [-0.1, -0.05) is 43.2 Å². The highest BCUT2D eigenvalue weighted by atomic mass is 32.2. The first-order chi connectivity index (χ1) is 16.8. The Morgan fingerprint density at radius 3 is 2.56 bits per heavy atom. The number of hydrogen-bond donors (Lipinski definition) is 2. The molecule has 2 N–H and O–H groups in total. The minimum atomic E-state index is -4.16. The van der Waals surface area contributed by atoms with Gasteiger partial charge < -0.3 is 10.2 Å². The number of benzene rings is 1. The number of ketones is 2. The highest BCUT2D eigenvalue weighted by Crippen LogP contribution is 2.67. The van der Waals surface area contributed by atoms with Crippen LogP contribution in [-0.2, 0) is 23.9 Å². The van der Waals surface area contributed by atoms with E-state index in [0.717, 1.165) is 24.0 Å². The maximum Gasteiger partial charge on any atom is 0.297 e. The van der Waals surface area contributed by atoms with Gasteiger partial charge >= 0.3 is 0 Å². The van der Waals surface area contributed by atoms with Crippen LogP contribution in [0.4, 0.5) is 0 Å². The number of rotatable bonds is 5. The Kier molecular flexibility index (Phi) is 5.99. The fourth-order valence-electron chi connectivity index (χ4n) is 7.81. The van der Waals surface area contributed by atoms with Crippen LogP contribution >= 0.6 is 0 Å². The molecule has 0 aliphatic heterocycles. The average molecular weight is 515 g/mol. The van der Waals surface area contributed by atoms with Crippen molar-refractivity contribution in [3.05, 3.63) is 53.6 Å². The molecule has 3 saturated carbocycles. The Bertz CT molecular complexity index is 1260. The van der Waals surface area contributed by atoms with Gasteiger partial charge in [-0.25, -0.2) is 0 Å². The second-order valence-electron chi connectivity index (χ2n) is 11.6. The lowest BCUT2D eigenvalue weighted by molar-refractivity contribution is -0.178. The van der Waals surface area contributed by atoms with E-state index in [0.29, 0.717) is 6.42 Å². The van der Waals surface area contributed by atoms with Crippen LogP contribution in [0.25, 0.3) is 0 Å². The van der Waals surface area contributed by atoms with E-state index in [-0.39, 0.29) is 41.3 Å². The van der Waals surface area contributed by atoms with Gasteiger partial charge in [-0.05, 0) is 75.1 Å². The van der Waals surface area contributed by atoms with Crippen molar-refractivity contribution in [3.8, 4) is 0 Å². The van der Waals surface area contributed by atoms with Gasteiger partial charge in [0.2, 0.25) is 0 Å². The molecule has 4 aliphatic carbocycles. The third kappa shape index (κ3) is 3.68. The van der Waals surface area contributed by atoms with Gasteiger partial charge in [-0.15, -0.1) is 0 Å². The second kappa shape index (κ2) is 8.45. The average Bonchev–Trinajstić information content (AvgIpc) is 3.09. The highest BCUT2D eigenvalue weighted by molar-refractivity contribution is 7.86. The van der Waals surface area contributed by atoms with Crippen molar-refractivity contribution in [1.29, 1.82) is 0 Å². The number of carbonyl (C=O) groups excluding carboxylic acids is 2. The summed E-state index contributed by atoms with van der Waals surface area (Å²) < 4.78 is 30.4. The van der Waals surface area contributed by atoms with Gasteiger partial charge in [-0.2, -0.15) is 8.42 Å². The molecule has 4 aliphatic rings. The molecule has 0 radical (unpaired) electrons. The normalized spacial score (nSPS) is 39.7. The molecule has 0 bridgehead atoms. The molecule has 3 fully saturated rings. The van der Waals surface area contributed by atoms with Gasteiger partial charge in [0.15, 0.2) is 11.6 Å². The molecule has 7 nitrogen and oxygen atoms in total. The number of allylic oxidation sites excluding steroid dienone is 4. The molecule has 0 spiro atoms. The lowest BCUT2D eigenvalue weighted by Gasteiger charge is -2.59. The van der Waals surface area contributed by atoms with Gasteiger partial charge in [0.05, 0.1) is 11.0 Å². The third-order valence-electron chi connectivity index (χ3n) is 9.76. The summed E-state index contributed by atoms with van der Waals surface area (Å²) in [5, 5.41) is 23.2. The summed E-state index contributed by atoms with van der Waals surface area (Å²) >= 11 is 0. The van der Waals surface area contributed by atoms with Crippen LogP contribution in [0.3, 0.4) is 0 Å². The Morgan fingerprint density at radius 1 is 1.17 bits per heavy atom. The maximum absolute atomic E-state index is 13.4. The number of aliphatic hydroxyl groups excluding tert-OH is 1. The minimum absolute atomic E-state index is 0.0158. The van der Waals surface area contributed by atoms with Crippen molar-refractivity contribution in [3.63, 3.8) is 0 Å². The first-order valence-electron chi connectivity index (χ1n) is 12.7. The molecule has 0 saturated heterocycles. The molecule has 1 aromatic carbocycles. The minimum Gasteiger partial charge on any atom is -0.393 e. The van der Waals surface area contributed by atoms with Crippen LogP contribution < -0.4 is 0 Å². The molecular formula is C28H34O7S. The van der Waals surface area contributed by atoms with Crippen LogP contribution in [0.1, 0.15) is 51.5 Å². The smallest absolute Gasteiger partial charge is 0.297 e. The van der Waals surface area contributed by atoms with Gasteiger partial charge in [-0.3, -0.25) is 13.8 Å². The Morgan fingerprint density at radius 2 is 1.86 bits per heavy atom. The molecule has 0 heterocycles. The number of aliphatic hydroxyl groups is 2. The predicted molar refractivity (Wildman–Crippen MR) is 132 cm³/mol. The van der Waals surface area contributed by atoms with E-state index in [1.54, 1.807) is 24.3 Å². The van der Waals surface area contributed by atoms with Crippen molar-refractivity contribution < 1.29 is 32.4 Å². The van der Waals surface area contributed by atoms with Crippen molar-refractivity contribution in [2.75, 3.05) is 6.61 Å². The lowest BCUT2D eigenvalue weighted by atomic mass is 9.46.